The van der Waals surface area contributed by atoms with Gasteiger partial charge in [0.2, 0.25) is 10.0 Å². The van der Waals surface area contributed by atoms with Crippen LogP contribution in [-0.4, -0.2) is 39.0 Å². The molecule has 1 saturated carbocycles. The maximum absolute atomic E-state index is 12.4. The third kappa shape index (κ3) is 2.66. The molecule has 0 bridgehead atoms. The second kappa shape index (κ2) is 5.26. The van der Waals surface area contributed by atoms with Crippen molar-refractivity contribution in [1.82, 2.24) is 4.31 Å². The van der Waals surface area contributed by atoms with Crippen molar-refractivity contribution in [3.8, 4) is 5.75 Å². The molecule has 1 aromatic carbocycles. The molecule has 0 saturated heterocycles. The van der Waals surface area contributed by atoms with Crippen molar-refractivity contribution >= 4 is 10.0 Å². The Labute approximate surface area is 108 Å². The molecule has 5 nitrogen and oxygen atoms in total. The fraction of sp³-hybridized carbons (Fsp3) is 0.500. The summed E-state index contributed by atoms with van der Waals surface area (Å²) in [4.78, 5) is 0.295. The van der Waals surface area contributed by atoms with E-state index >= 15 is 0 Å². The highest BCUT2D eigenvalue weighted by molar-refractivity contribution is 7.89. The van der Waals surface area contributed by atoms with Gasteiger partial charge in [0.1, 0.15) is 5.75 Å². The van der Waals surface area contributed by atoms with Crippen molar-refractivity contribution in [3.63, 3.8) is 0 Å². The number of sulfonamides is 1. The summed E-state index contributed by atoms with van der Waals surface area (Å²) in [6.45, 7) is 0.713. The zero-order valence-electron chi connectivity index (χ0n) is 10.4. The highest BCUT2D eigenvalue weighted by Gasteiger charge is 2.37. The lowest BCUT2D eigenvalue weighted by molar-refractivity contribution is 0.409. The lowest BCUT2D eigenvalue weighted by Crippen LogP contribution is -2.37. The number of hydrogen-bond donors (Lipinski definition) is 1. The summed E-state index contributed by atoms with van der Waals surface area (Å²) in [5.74, 6) is 0.644. The van der Waals surface area contributed by atoms with Gasteiger partial charge in [-0.2, -0.15) is 4.31 Å². The Morgan fingerprint density at radius 1 is 1.33 bits per heavy atom. The average Bonchev–Trinajstić information content (AvgIpc) is 3.20. The molecule has 0 aliphatic heterocycles. The number of benzene rings is 1. The molecule has 1 fully saturated rings. The van der Waals surface area contributed by atoms with Crippen LogP contribution in [0.15, 0.2) is 29.2 Å². The first-order valence-electron chi connectivity index (χ1n) is 5.95. The zero-order valence-corrected chi connectivity index (χ0v) is 11.2. The monoisotopic (exact) mass is 270 g/mol. The topological polar surface area (TPSA) is 72.6 Å². The Hall–Kier alpha value is -1.11. The van der Waals surface area contributed by atoms with Crippen LogP contribution in [0.1, 0.15) is 12.8 Å². The van der Waals surface area contributed by atoms with Gasteiger partial charge < -0.3 is 10.5 Å². The van der Waals surface area contributed by atoms with Crippen molar-refractivity contribution in [1.29, 1.82) is 0 Å². The first kappa shape index (κ1) is 13.3. The van der Waals surface area contributed by atoms with E-state index in [0.29, 0.717) is 23.7 Å². The quantitative estimate of drug-likeness (QED) is 0.830. The largest absolute Gasteiger partial charge is 0.497 e. The molecule has 0 amide bonds. The van der Waals surface area contributed by atoms with E-state index in [9.17, 15) is 8.42 Å². The molecule has 0 aromatic heterocycles. The molecule has 6 heteroatoms. The smallest absolute Gasteiger partial charge is 0.243 e. The van der Waals surface area contributed by atoms with Gasteiger partial charge in [0.15, 0.2) is 0 Å². The van der Waals surface area contributed by atoms with Crippen LogP contribution in [0.4, 0.5) is 0 Å². The maximum atomic E-state index is 12.4. The molecule has 0 radical (unpaired) electrons. The molecule has 2 N–H and O–H groups in total. The molecular formula is C12H18N2O3S. The normalized spacial score (nSPS) is 15.9. The van der Waals surface area contributed by atoms with Crippen molar-refractivity contribution in [2.75, 3.05) is 20.2 Å². The maximum Gasteiger partial charge on any atom is 0.243 e. The van der Waals surface area contributed by atoms with Gasteiger partial charge in [-0.15, -0.1) is 0 Å². The van der Waals surface area contributed by atoms with Gasteiger partial charge in [0.25, 0.3) is 0 Å². The van der Waals surface area contributed by atoms with Crippen molar-refractivity contribution in [2.24, 2.45) is 5.73 Å². The van der Waals surface area contributed by atoms with Gasteiger partial charge in [0.05, 0.1) is 12.0 Å². The van der Waals surface area contributed by atoms with Gasteiger partial charge >= 0.3 is 0 Å². The predicted octanol–water partition coefficient (Wildman–Crippen LogP) is 0.807. The first-order chi connectivity index (χ1) is 8.59. The van der Waals surface area contributed by atoms with E-state index in [0.717, 1.165) is 12.8 Å². The molecule has 0 unspecified atom stereocenters. The summed E-state index contributed by atoms with van der Waals surface area (Å²) >= 11 is 0. The van der Waals surface area contributed by atoms with Crippen LogP contribution in [0.25, 0.3) is 0 Å². The van der Waals surface area contributed by atoms with E-state index in [-0.39, 0.29) is 6.04 Å². The number of methoxy groups -OCH3 is 1. The summed E-state index contributed by atoms with van der Waals surface area (Å²) in [5, 5.41) is 0. The fourth-order valence-corrected chi connectivity index (χ4v) is 3.57. The van der Waals surface area contributed by atoms with Crippen molar-refractivity contribution in [3.05, 3.63) is 24.3 Å². The van der Waals surface area contributed by atoms with Gasteiger partial charge in [-0.05, 0) is 37.1 Å². The van der Waals surface area contributed by atoms with E-state index in [1.54, 1.807) is 31.4 Å². The fourth-order valence-electron chi connectivity index (χ4n) is 1.87. The lowest BCUT2D eigenvalue weighted by Gasteiger charge is -2.21. The summed E-state index contributed by atoms with van der Waals surface area (Å²) < 4.78 is 31.4. The van der Waals surface area contributed by atoms with Gasteiger partial charge in [-0.3, -0.25) is 0 Å². The van der Waals surface area contributed by atoms with Crippen LogP contribution in [0.2, 0.25) is 0 Å². The van der Waals surface area contributed by atoms with Crippen LogP contribution in [-0.2, 0) is 10.0 Å². The van der Waals surface area contributed by atoms with Gasteiger partial charge in [-0.1, -0.05) is 0 Å². The van der Waals surface area contributed by atoms with E-state index in [1.165, 1.54) is 4.31 Å². The van der Waals surface area contributed by atoms with Crippen LogP contribution >= 0.6 is 0 Å². The van der Waals surface area contributed by atoms with E-state index in [4.69, 9.17) is 10.5 Å². The molecule has 1 aliphatic rings. The zero-order chi connectivity index (χ0) is 13.2. The molecule has 1 aliphatic carbocycles. The highest BCUT2D eigenvalue weighted by Crippen LogP contribution is 2.31. The second-order valence-corrected chi connectivity index (χ2v) is 6.20. The Bertz CT molecular complexity index is 495. The molecule has 18 heavy (non-hydrogen) atoms. The number of hydrogen-bond acceptors (Lipinski definition) is 4. The Kier molecular flexibility index (Phi) is 3.89. The van der Waals surface area contributed by atoms with Crippen LogP contribution in [0.3, 0.4) is 0 Å². The molecule has 1 aromatic rings. The summed E-state index contributed by atoms with van der Waals surface area (Å²) in [6, 6.07) is 6.57. The minimum atomic E-state index is -3.43. The summed E-state index contributed by atoms with van der Waals surface area (Å²) in [5.41, 5.74) is 5.49. The molecule has 100 valence electrons. The standard InChI is InChI=1S/C12H18N2O3S/c1-17-11-4-6-12(7-5-11)18(15,16)14(9-8-13)10-2-3-10/h4-7,10H,2-3,8-9,13H2,1H3. The minimum absolute atomic E-state index is 0.126. The number of rotatable bonds is 6. The van der Waals surface area contributed by atoms with E-state index in [2.05, 4.69) is 0 Å². The van der Waals surface area contributed by atoms with Crippen molar-refractivity contribution < 1.29 is 13.2 Å². The summed E-state index contributed by atoms with van der Waals surface area (Å²) in [7, 11) is -1.88. The van der Waals surface area contributed by atoms with E-state index in [1.807, 2.05) is 0 Å². The molecular weight excluding hydrogens is 252 g/mol. The number of nitrogens with zero attached hydrogens (tertiary/aromatic N) is 1. The Balaban J connectivity index is 2.27. The Morgan fingerprint density at radius 3 is 2.39 bits per heavy atom. The lowest BCUT2D eigenvalue weighted by atomic mass is 10.3. The van der Waals surface area contributed by atoms with Gasteiger partial charge in [0, 0.05) is 19.1 Å². The Morgan fingerprint density at radius 2 is 1.94 bits per heavy atom. The predicted molar refractivity (Wildman–Crippen MR) is 69.0 cm³/mol. The molecule has 0 heterocycles. The minimum Gasteiger partial charge on any atom is -0.497 e. The third-order valence-corrected chi connectivity index (χ3v) is 4.94. The highest BCUT2D eigenvalue weighted by atomic mass is 32.2. The van der Waals surface area contributed by atoms with Crippen LogP contribution < -0.4 is 10.5 Å². The summed E-state index contributed by atoms with van der Waals surface area (Å²) in [6.07, 6.45) is 1.85. The first-order valence-corrected chi connectivity index (χ1v) is 7.39. The van der Waals surface area contributed by atoms with Gasteiger partial charge in [-0.25, -0.2) is 8.42 Å². The molecule has 2 rings (SSSR count). The van der Waals surface area contributed by atoms with Crippen molar-refractivity contribution in [2.45, 2.75) is 23.8 Å². The number of nitrogens with two attached hydrogens (primary N) is 1. The van der Waals surface area contributed by atoms with Crippen LogP contribution in [0.5, 0.6) is 5.75 Å². The van der Waals surface area contributed by atoms with E-state index < -0.39 is 10.0 Å². The average molecular weight is 270 g/mol. The third-order valence-electron chi connectivity index (χ3n) is 2.97. The number of ether oxygens (including phenoxy) is 1. The molecule has 0 atom stereocenters. The van der Waals surface area contributed by atoms with Crippen LogP contribution in [0, 0.1) is 0 Å². The molecule has 0 spiro atoms. The SMILES string of the molecule is COc1ccc(S(=O)(=O)N(CCN)C2CC2)cc1. The second-order valence-electron chi connectivity index (χ2n) is 4.31.